The molecule has 0 spiro atoms. The van der Waals surface area contributed by atoms with Gasteiger partial charge in [0.15, 0.2) is 5.69 Å². The van der Waals surface area contributed by atoms with Crippen molar-refractivity contribution in [2.24, 2.45) is 0 Å². The van der Waals surface area contributed by atoms with Crippen LogP contribution in [0.2, 0.25) is 5.02 Å². The van der Waals surface area contributed by atoms with Crippen molar-refractivity contribution in [3.63, 3.8) is 0 Å². The first-order valence-electron chi connectivity index (χ1n) is 7.89. The third-order valence-corrected chi connectivity index (χ3v) is 4.35. The van der Waals surface area contributed by atoms with Crippen LogP contribution in [0.15, 0.2) is 30.5 Å². The smallest absolute Gasteiger partial charge is 0.306 e. The average Bonchev–Trinajstić information content (AvgIpc) is 2.96. The van der Waals surface area contributed by atoms with E-state index in [0.717, 1.165) is 5.56 Å². The van der Waals surface area contributed by atoms with Crippen molar-refractivity contribution < 1.29 is 19.4 Å². The SMILES string of the molecule is Cc1cn(-c2ccccc2Cl)nc1C(=O)N1CCOC(CC(=O)O)C1. The zero-order valence-electron chi connectivity index (χ0n) is 13.7. The zero-order valence-corrected chi connectivity index (χ0v) is 14.4. The number of carbonyl (C=O) groups is 2. The minimum absolute atomic E-state index is 0.128. The highest BCUT2D eigenvalue weighted by Gasteiger charge is 2.29. The molecule has 0 aliphatic carbocycles. The highest BCUT2D eigenvalue weighted by atomic mass is 35.5. The van der Waals surface area contributed by atoms with E-state index in [-0.39, 0.29) is 18.9 Å². The maximum atomic E-state index is 12.8. The topological polar surface area (TPSA) is 84.7 Å². The summed E-state index contributed by atoms with van der Waals surface area (Å²) >= 11 is 6.19. The Hall–Kier alpha value is -2.38. The molecule has 1 aliphatic rings. The Kier molecular flexibility index (Phi) is 5.06. The summed E-state index contributed by atoms with van der Waals surface area (Å²) in [5, 5.41) is 13.8. The van der Waals surface area contributed by atoms with Gasteiger partial charge in [-0.3, -0.25) is 9.59 Å². The van der Waals surface area contributed by atoms with Gasteiger partial charge in [0.2, 0.25) is 0 Å². The second-order valence-corrected chi connectivity index (χ2v) is 6.31. The number of aliphatic carboxylic acids is 1. The normalized spacial score (nSPS) is 17.5. The van der Waals surface area contributed by atoms with Gasteiger partial charge in [-0.2, -0.15) is 5.10 Å². The number of aromatic nitrogens is 2. The quantitative estimate of drug-likeness (QED) is 0.899. The summed E-state index contributed by atoms with van der Waals surface area (Å²) in [6.45, 7) is 2.77. The molecule has 25 heavy (non-hydrogen) atoms. The van der Waals surface area contributed by atoms with Gasteiger partial charge in [0.05, 0.1) is 29.8 Å². The number of halogens is 1. The number of para-hydroxylation sites is 1. The predicted octanol–water partition coefficient (Wildman–Crippen LogP) is 2.15. The molecule has 1 fully saturated rings. The molecule has 132 valence electrons. The van der Waals surface area contributed by atoms with Crippen LogP contribution in [0, 0.1) is 6.92 Å². The summed E-state index contributed by atoms with van der Waals surface area (Å²) < 4.78 is 6.99. The third-order valence-electron chi connectivity index (χ3n) is 4.03. The first-order chi connectivity index (χ1) is 12.0. The molecule has 0 saturated carbocycles. The van der Waals surface area contributed by atoms with Crippen LogP contribution >= 0.6 is 11.6 Å². The molecule has 1 saturated heterocycles. The molecular weight excluding hydrogens is 346 g/mol. The van der Waals surface area contributed by atoms with Gasteiger partial charge in [0.25, 0.3) is 5.91 Å². The van der Waals surface area contributed by atoms with E-state index < -0.39 is 12.1 Å². The molecular formula is C17H18ClN3O4. The number of aryl methyl sites for hydroxylation is 1. The van der Waals surface area contributed by atoms with E-state index in [1.54, 1.807) is 21.8 Å². The molecule has 0 radical (unpaired) electrons. The number of nitrogens with zero attached hydrogens (tertiary/aromatic N) is 3. The number of rotatable bonds is 4. The lowest BCUT2D eigenvalue weighted by atomic mass is 10.2. The van der Waals surface area contributed by atoms with Gasteiger partial charge < -0.3 is 14.7 Å². The van der Waals surface area contributed by atoms with E-state index in [9.17, 15) is 9.59 Å². The summed E-state index contributed by atoms with van der Waals surface area (Å²) in [5.74, 6) is -1.18. The highest BCUT2D eigenvalue weighted by Crippen LogP contribution is 2.21. The van der Waals surface area contributed by atoms with Crippen LogP contribution in [0.3, 0.4) is 0 Å². The molecule has 8 heteroatoms. The van der Waals surface area contributed by atoms with Gasteiger partial charge in [-0.05, 0) is 19.1 Å². The molecule has 2 heterocycles. The predicted molar refractivity (Wildman–Crippen MR) is 91.2 cm³/mol. The number of morpholine rings is 1. The lowest BCUT2D eigenvalue weighted by Gasteiger charge is -2.32. The average molecular weight is 364 g/mol. The number of carbonyl (C=O) groups excluding carboxylic acids is 1. The van der Waals surface area contributed by atoms with E-state index in [0.29, 0.717) is 29.6 Å². The second kappa shape index (κ2) is 7.25. The van der Waals surface area contributed by atoms with Crippen molar-refractivity contribution in [1.29, 1.82) is 0 Å². The van der Waals surface area contributed by atoms with Crippen molar-refractivity contribution in [3.8, 4) is 5.69 Å². The molecule has 1 amide bonds. The molecule has 1 atom stereocenters. The molecule has 1 unspecified atom stereocenters. The Labute approximate surface area is 149 Å². The highest BCUT2D eigenvalue weighted by molar-refractivity contribution is 6.32. The van der Waals surface area contributed by atoms with E-state index in [1.165, 1.54) is 0 Å². The van der Waals surface area contributed by atoms with Gasteiger partial charge in [0.1, 0.15) is 0 Å². The standard InChI is InChI=1S/C17H18ClN3O4/c1-11-9-21(14-5-3-2-4-13(14)18)19-16(11)17(24)20-6-7-25-12(10-20)8-15(22)23/h2-5,9,12H,6-8,10H2,1H3,(H,22,23). The van der Waals surface area contributed by atoms with Crippen molar-refractivity contribution in [2.45, 2.75) is 19.4 Å². The largest absolute Gasteiger partial charge is 0.481 e. The number of hydrogen-bond donors (Lipinski definition) is 1. The lowest BCUT2D eigenvalue weighted by molar-refractivity contribution is -0.141. The lowest BCUT2D eigenvalue weighted by Crippen LogP contribution is -2.46. The summed E-state index contributed by atoms with van der Waals surface area (Å²) in [4.78, 5) is 25.2. The third kappa shape index (κ3) is 3.83. The van der Waals surface area contributed by atoms with Crippen molar-refractivity contribution in [1.82, 2.24) is 14.7 Å². The number of amides is 1. The van der Waals surface area contributed by atoms with Crippen LogP contribution in [0.1, 0.15) is 22.5 Å². The molecule has 1 aliphatic heterocycles. The summed E-state index contributed by atoms with van der Waals surface area (Å²) in [6.07, 6.45) is 1.13. The van der Waals surface area contributed by atoms with Crippen LogP contribution in [0.5, 0.6) is 0 Å². The van der Waals surface area contributed by atoms with Crippen molar-refractivity contribution in [2.75, 3.05) is 19.7 Å². The molecule has 1 aromatic carbocycles. The minimum atomic E-state index is -0.946. The number of carboxylic acid groups (broad SMARTS) is 1. The van der Waals surface area contributed by atoms with Gasteiger partial charge in [0, 0.05) is 24.8 Å². The molecule has 3 rings (SSSR count). The monoisotopic (exact) mass is 363 g/mol. The fourth-order valence-electron chi connectivity index (χ4n) is 2.80. The fourth-order valence-corrected chi connectivity index (χ4v) is 3.03. The number of ether oxygens (including phenoxy) is 1. The first kappa shape index (κ1) is 17.4. The number of hydrogen-bond acceptors (Lipinski definition) is 4. The van der Waals surface area contributed by atoms with Crippen LogP contribution in [0.25, 0.3) is 5.69 Å². The van der Waals surface area contributed by atoms with E-state index >= 15 is 0 Å². The van der Waals surface area contributed by atoms with Crippen molar-refractivity contribution in [3.05, 3.63) is 46.7 Å². The van der Waals surface area contributed by atoms with E-state index in [1.807, 2.05) is 25.1 Å². The van der Waals surface area contributed by atoms with Gasteiger partial charge in [-0.1, -0.05) is 23.7 Å². The molecule has 1 N–H and O–H groups in total. The fraction of sp³-hybridized carbons (Fsp3) is 0.353. The number of carboxylic acids is 1. The second-order valence-electron chi connectivity index (χ2n) is 5.90. The van der Waals surface area contributed by atoms with Crippen LogP contribution in [-0.2, 0) is 9.53 Å². The maximum Gasteiger partial charge on any atom is 0.306 e. The zero-order chi connectivity index (χ0) is 18.0. The summed E-state index contributed by atoms with van der Waals surface area (Å²) in [7, 11) is 0. The Morgan fingerprint density at radius 1 is 1.40 bits per heavy atom. The molecule has 2 aromatic rings. The number of benzene rings is 1. The molecule has 1 aromatic heterocycles. The van der Waals surface area contributed by atoms with Gasteiger partial charge in [-0.25, -0.2) is 4.68 Å². The summed E-state index contributed by atoms with van der Waals surface area (Å²) in [5.41, 5.74) is 1.75. The van der Waals surface area contributed by atoms with Gasteiger partial charge in [-0.15, -0.1) is 0 Å². The van der Waals surface area contributed by atoms with Crippen molar-refractivity contribution >= 4 is 23.5 Å². The van der Waals surface area contributed by atoms with Crippen LogP contribution in [-0.4, -0.2) is 57.5 Å². The Morgan fingerprint density at radius 3 is 2.88 bits per heavy atom. The van der Waals surface area contributed by atoms with Crippen LogP contribution in [0.4, 0.5) is 0 Å². The maximum absolute atomic E-state index is 12.8. The van der Waals surface area contributed by atoms with E-state index in [4.69, 9.17) is 21.4 Å². The van der Waals surface area contributed by atoms with Crippen LogP contribution < -0.4 is 0 Å². The Balaban J connectivity index is 1.81. The van der Waals surface area contributed by atoms with E-state index in [2.05, 4.69) is 5.10 Å². The first-order valence-corrected chi connectivity index (χ1v) is 8.27. The molecule has 0 bridgehead atoms. The summed E-state index contributed by atoms with van der Waals surface area (Å²) in [6, 6.07) is 7.25. The Bertz CT molecular complexity index is 805. The molecule has 7 nitrogen and oxygen atoms in total. The minimum Gasteiger partial charge on any atom is -0.481 e. The Morgan fingerprint density at radius 2 is 2.16 bits per heavy atom. The van der Waals surface area contributed by atoms with Gasteiger partial charge >= 0.3 is 5.97 Å².